The first kappa shape index (κ1) is 13.0. The Kier molecular flexibility index (Phi) is 4.31. The lowest BCUT2D eigenvalue weighted by Gasteiger charge is -2.09. The van der Waals surface area contributed by atoms with Crippen LogP contribution >= 0.6 is 15.9 Å². The molecule has 0 saturated heterocycles. The van der Waals surface area contributed by atoms with Crippen LogP contribution in [0.15, 0.2) is 34.9 Å². The fourth-order valence-electron chi connectivity index (χ4n) is 1.84. The second kappa shape index (κ2) is 5.96. The summed E-state index contributed by atoms with van der Waals surface area (Å²) in [5, 5.41) is 3.23. The highest BCUT2D eigenvalue weighted by Crippen LogP contribution is 2.25. The number of rotatable bonds is 4. The number of nitrogens with zero attached hydrogens (tertiary/aromatic N) is 2. The molecular formula is C14H16BrN3. The molecule has 0 fully saturated rings. The topological polar surface area (TPSA) is 37.8 Å². The van der Waals surface area contributed by atoms with Gasteiger partial charge in [0.1, 0.15) is 5.82 Å². The predicted molar refractivity (Wildman–Crippen MR) is 78.7 cm³/mol. The van der Waals surface area contributed by atoms with Crippen LogP contribution in [0.5, 0.6) is 0 Å². The van der Waals surface area contributed by atoms with Crippen LogP contribution < -0.4 is 5.32 Å². The zero-order chi connectivity index (χ0) is 13.0. The Labute approximate surface area is 116 Å². The number of hydrogen-bond acceptors (Lipinski definition) is 3. The number of nitrogens with one attached hydrogen (secondary N) is 1. The minimum Gasteiger partial charge on any atom is -0.369 e. The van der Waals surface area contributed by atoms with E-state index in [1.54, 1.807) is 6.20 Å². The van der Waals surface area contributed by atoms with Gasteiger partial charge in [0, 0.05) is 18.3 Å². The summed E-state index contributed by atoms with van der Waals surface area (Å²) < 4.78 is 0.891. The molecule has 0 aliphatic carbocycles. The summed E-state index contributed by atoms with van der Waals surface area (Å²) in [5.41, 5.74) is 2.37. The monoisotopic (exact) mass is 305 g/mol. The van der Waals surface area contributed by atoms with Gasteiger partial charge in [-0.15, -0.1) is 0 Å². The first-order valence-corrected chi connectivity index (χ1v) is 6.90. The molecule has 0 unspecified atom stereocenters. The van der Waals surface area contributed by atoms with Gasteiger partial charge in [0.05, 0.1) is 4.47 Å². The molecule has 1 aromatic heterocycles. The van der Waals surface area contributed by atoms with Crippen molar-refractivity contribution in [3.05, 3.63) is 40.5 Å². The van der Waals surface area contributed by atoms with Crippen LogP contribution in [0, 0.1) is 0 Å². The van der Waals surface area contributed by atoms with Crippen molar-refractivity contribution in [2.45, 2.75) is 20.3 Å². The van der Waals surface area contributed by atoms with Crippen LogP contribution in [0.25, 0.3) is 11.4 Å². The van der Waals surface area contributed by atoms with Crippen molar-refractivity contribution >= 4 is 21.7 Å². The van der Waals surface area contributed by atoms with Crippen LogP contribution in [0.1, 0.15) is 19.4 Å². The van der Waals surface area contributed by atoms with Gasteiger partial charge in [-0.3, -0.25) is 0 Å². The molecule has 0 spiro atoms. The second-order valence-corrected chi connectivity index (χ2v) is 4.79. The Morgan fingerprint density at radius 2 is 2.00 bits per heavy atom. The maximum atomic E-state index is 4.57. The largest absolute Gasteiger partial charge is 0.369 e. The number of benzene rings is 1. The van der Waals surface area contributed by atoms with E-state index in [0.717, 1.165) is 34.6 Å². The zero-order valence-corrected chi connectivity index (χ0v) is 12.2. The fourth-order valence-corrected chi connectivity index (χ4v) is 2.17. The molecule has 94 valence electrons. The third kappa shape index (κ3) is 2.70. The lowest BCUT2D eigenvalue weighted by Crippen LogP contribution is -2.03. The third-order valence-electron chi connectivity index (χ3n) is 2.73. The molecule has 0 radical (unpaired) electrons. The average molecular weight is 306 g/mol. The molecular weight excluding hydrogens is 290 g/mol. The van der Waals surface area contributed by atoms with Crippen LogP contribution in [-0.4, -0.2) is 16.5 Å². The Morgan fingerprint density at radius 3 is 2.72 bits per heavy atom. The molecule has 0 bridgehead atoms. The van der Waals surface area contributed by atoms with Crippen molar-refractivity contribution in [2.24, 2.45) is 0 Å². The Morgan fingerprint density at radius 1 is 1.22 bits per heavy atom. The Bertz CT molecular complexity index is 540. The first-order chi connectivity index (χ1) is 8.76. The van der Waals surface area contributed by atoms with Crippen molar-refractivity contribution in [1.82, 2.24) is 9.97 Å². The minimum absolute atomic E-state index is 0.770. The van der Waals surface area contributed by atoms with Crippen molar-refractivity contribution in [1.29, 1.82) is 0 Å². The molecule has 2 aromatic rings. The molecule has 0 atom stereocenters. The van der Waals surface area contributed by atoms with Crippen LogP contribution in [-0.2, 0) is 6.42 Å². The van der Waals surface area contributed by atoms with E-state index in [1.165, 1.54) is 5.56 Å². The van der Waals surface area contributed by atoms with Gasteiger partial charge in [-0.05, 0) is 34.8 Å². The van der Waals surface area contributed by atoms with E-state index in [2.05, 4.69) is 50.3 Å². The minimum atomic E-state index is 0.770. The SMILES string of the molecule is CCNc1nc(-c2ccccc2CC)ncc1Br. The summed E-state index contributed by atoms with van der Waals surface area (Å²) in [6.07, 6.45) is 2.78. The highest BCUT2D eigenvalue weighted by atomic mass is 79.9. The van der Waals surface area contributed by atoms with Crippen LogP contribution in [0.3, 0.4) is 0 Å². The summed E-state index contributed by atoms with van der Waals surface area (Å²) in [6, 6.07) is 8.25. The van der Waals surface area contributed by atoms with Crippen molar-refractivity contribution in [3.8, 4) is 11.4 Å². The Hall–Kier alpha value is -1.42. The molecule has 1 aromatic carbocycles. The van der Waals surface area contributed by atoms with E-state index in [4.69, 9.17) is 0 Å². The van der Waals surface area contributed by atoms with E-state index < -0.39 is 0 Å². The van der Waals surface area contributed by atoms with E-state index >= 15 is 0 Å². The molecule has 0 saturated carbocycles. The highest BCUT2D eigenvalue weighted by molar-refractivity contribution is 9.10. The number of hydrogen-bond donors (Lipinski definition) is 1. The third-order valence-corrected chi connectivity index (χ3v) is 3.31. The summed E-state index contributed by atoms with van der Waals surface area (Å²) in [5.74, 6) is 1.61. The molecule has 0 aliphatic heterocycles. The standard InChI is InChI=1S/C14H16BrN3/c1-3-10-7-5-6-8-11(10)13-17-9-12(15)14(18-13)16-4-2/h5-9H,3-4H2,1-2H3,(H,16,17,18). The van der Waals surface area contributed by atoms with E-state index in [-0.39, 0.29) is 0 Å². The van der Waals surface area contributed by atoms with Crippen molar-refractivity contribution < 1.29 is 0 Å². The lowest BCUT2D eigenvalue weighted by molar-refractivity contribution is 1.08. The quantitative estimate of drug-likeness (QED) is 0.931. The highest BCUT2D eigenvalue weighted by Gasteiger charge is 2.09. The van der Waals surface area contributed by atoms with Gasteiger partial charge in [0.2, 0.25) is 0 Å². The van der Waals surface area contributed by atoms with Crippen LogP contribution in [0.4, 0.5) is 5.82 Å². The molecule has 3 nitrogen and oxygen atoms in total. The molecule has 1 N–H and O–H groups in total. The van der Waals surface area contributed by atoms with Gasteiger partial charge >= 0.3 is 0 Å². The van der Waals surface area contributed by atoms with E-state index in [1.807, 2.05) is 19.1 Å². The van der Waals surface area contributed by atoms with Crippen LogP contribution in [0.2, 0.25) is 0 Å². The molecule has 0 amide bonds. The smallest absolute Gasteiger partial charge is 0.161 e. The number of anilines is 1. The summed E-state index contributed by atoms with van der Waals surface area (Å²) >= 11 is 3.45. The summed E-state index contributed by atoms with van der Waals surface area (Å²) in [4.78, 5) is 8.97. The number of aryl methyl sites for hydroxylation is 1. The summed E-state index contributed by atoms with van der Waals surface area (Å²) in [6.45, 7) is 5.03. The molecule has 2 rings (SSSR count). The van der Waals surface area contributed by atoms with Gasteiger partial charge in [0.15, 0.2) is 5.82 Å². The molecule has 1 heterocycles. The lowest BCUT2D eigenvalue weighted by atomic mass is 10.0. The van der Waals surface area contributed by atoms with E-state index in [9.17, 15) is 0 Å². The normalized spacial score (nSPS) is 10.4. The van der Waals surface area contributed by atoms with Crippen molar-refractivity contribution in [3.63, 3.8) is 0 Å². The Balaban J connectivity index is 2.47. The number of halogens is 1. The fraction of sp³-hybridized carbons (Fsp3) is 0.286. The van der Waals surface area contributed by atoms with Crippen molar-refractivity contribution in [2.75, 3.05) is 11.9 Å². The molecule has 0 aliphatic rings. The molecule has 18 heavy (non-hydrogen) atoms. The van der Waals surface area contributed by atoms with Gasteiger partial charge in [-0.1, -0.05) is 31.2 Å². The van der Waals surface area contributed by atoms with Gasteiger partial charge in [-0.2, -0.15) is 0 Å². The first-order valence-electron chi connectivity index (χ1n) is 6.11. The summed E-state index contributed by atoms with van der Waals surface area (Å²) in [7, 11) is 0. The average Bonchev–Trinajstić information content (AvgIpc) is 2.41. The van der Waals surface area contributed by atoms with E-state index in [0.29, 0.717) is 0 Å². The zero-order valence-electron chi connectivity index (χ0n) is 10.6. The van der Waals surface area contributed by atoms with Gasteiger partial charge in [-0.25, -0.2) is 9.97 Å². The maximum absolute atomic E-state index is 4.57. The number of aromatic nitrogens is 2. The predicted octanol–water partition coefficient (Wildman–Crippen LogP) is 3.90. The molecule has 4 heteroatoms. The maximum Gasteiger partial charge on any atom is 0.161 e. The van der Waals surface area contributed by atoms with Gasteiger partial charge < -0.3 is 5.32 Å². The second-order valence-electron chi connectivity index (χ2n) is 3.93. The van der Waals surface area contributed by atoms with Gasteiger partial charge in [0.25, 0.3) is 0 Å².